The largest absolute Gasteiger partial charge is 0.377 e. The van der Waals surface area contributed by atoms with Crippen LogP contribution >= 0.6 is 11.3 Å². The van der Waals surface area contributed by atoms with E-state index in [1.54, 1.807) is 12.1 Å². The molecule has 0 spiro atoms. The number of nitro groups is 1. The molecule has 0 aliphatic carbocycles. The normalized spacial score (nSPS) is 22.3. The van der Waals surface area contributed by atoms with E-state index >= 15 is 0 Å². The molecule has 1 N–H and O–H groups in total. The molecule has 0 amide bonds. The van der Waals surface area contributed by atoms with Gasteiger partial charge >= 0.3 is 0 Å². The second-order valence-corrected chi connectivity index (χ2v) is 8.02. The van der Waals surface area contributed by atoms with Gasteiger partial charge in [0.25, 0.3) is 5.69 Å². The lowest BCUT2D eigenvalue weighted by Gasteiger charge is -2.23. The summed E-state index contributed by atoms with van der Waals surface area (Å²) in [6.45, 7) is 1.89. The van der Waals surface area contributed by atoms with Gasteiger partial charge in [0.05, 0.1) is 20.1 Å². The van der Waals surface area contributed by atoms with Gasteiger partial charge in [0.15, 0.2) is 0 Å². The molecule has 1 fully saturated rings. The van der Waals surface area contributed by atoms with Crippen molar-refractivity contribution >= 4 is 43.7 Å². The van der Waals surface area contributed by atoms with Crippen LogP contribution < -0.4 is 5.32 Å². The van der Waals surface area contributed by atoms with E-state index in [1.807, 2.05) is 6.92 Å². The van der Waals surface area contributed by atoms with E-state index in [0.29, 0.717) is 17.2 Å². The number of thiazole rings is 1. The van der Waals surface area contributed by atoms with Gasteiger partial charge in [-0.15, -0.1) is 11.3 Å². The molecule has 0 saturated carbocycles. The van der Waals surface area contributed by atoms with E-state index in [2.05, 4.69) is 10.3 Å². The van der Waals surface area contributed by atoms with Crippen LogP contribution in [0.3, 0.4) is 0 Å². The summed E-state index contributed by atoms with van der Waals surface area (Å²) in [5, 5.41) is 15.4. The lowest BCUT2D eigenvalue weighted by Crippen LogP contribution is -2.29. The Kier molecular flexibility index (Phi) is 3.90. The number of fused-ring (bicyclic) bond motifs is 1. The first-order chi connectivity index (χ1) is 10.0. The highest BCUT2D eigenvalue weighted by Crippen LogP contribution is 2.34. The predicted molar refractivity (Wildman–Crippen MR) is 85.5 cm³/mol. The van der Waals surface area contributed by atoms with E-state index in [0.717, 1.165) is 28.1 Å². The highest BCUT2D eigenvalue weighted by molar-refractivity contribution is 7.85. The first kappa shape index (κ1) is 14.4. The fraction of sp³-hybridized carbons (Fsp3) is 0.462. The van der Waals surface area contributed by atoms with Gasteiger partial charge in [0.1, 0.15) is 5.69 Å². The van der Waals surface area contributed by atoms with Crippen molar-refractivity contribution in [2.24, 2.45) is 0 Å². The number of hydrogen-bond donors (Lipinski definition) is 1. The molecule has 6 nitrogen and oxygen atoms in total. The minimum Gasteiger partial charge on any atom is -0.377 e. The van der Waals surface area contributed by atoms with Crippen LogP contribution in [0.5, 0.6) is 0 Å². The van der Waals surface area contributed by atoms with Crippen LogP contribution in [-0.4, -0.2) is 31.7 Å². The van der Waals surface area contributed by atoms with E-state index in [1.165, 1.54) is 11.3 Å². The molecule has 2 aromatic rings. The average molecular weight is 325 g/mol. The number of nitrogens with one attached hydrogen (secondary N) is 1. The van der Waals surface area contributed by atoms with Crippen molar-refractivity contribution in [2.75, 3.05) is 16.8 Å². The summed E-state index contributed by atoms with van der Waals surface area (Å²) in [6.07, 6.45) is 1.55. The summed E-state index contributed by atoms with van der Waals surface area (Å²) in [5.74, 6) is 1.31. The van der Waals surface area contributed by atoms with E-state index in [-0.39, 0.29) is 16.7 Å². The van der Waals surface area contributed by atoms with Crippen molar-refractivity contribution in [3.63, 3.8) is 0 Å². The van der Waals surface area contributed by atoms with Crippen molar-refractivity contribution in [3.8, 4) is 0 Å². The molecule has 112 valence electrons. The van der Waals surface area contributed by atoms with Gasteiger partial charge < -0.3 is 5.32 Å². The first-order valence-corrected chi connectivity index (χ1v) is 9.00. The number of hydrogen-bond acceptors (Lipinski definition) is 6. The monoisotopic (exact) mass is 325 g/mol. The molecule has 21 heavy (non-hydrogen) atoms. The Morgan fingerprint density at radius 2 is 2.14 bits per heavy atom. The van der Waals surface area contributed by atoms with Crippen molar-refractivity contribution in [2.45, 2.75) is 25.8 Å². The van der Waals surface area contributed by atoms with Crippen LogP contribution in [-0.2, 0) is 10.8 Å². The van der Waals surface area contributed by atoms with Gasteiger partial charge in [-0.1, -0.05) is 0 Å². The molecule has 3 rings (SSSR count). The lowest BCUT2D eigenvalue weighted by molar-refractivity contribution is -0.383. The van der Waals surface area contributed by atoms with Crippen LogP contribution in [0.4, 0.5) is 11.4 Å². The maximum atomic E-state index is 11.4. The highest BCUT2D eigenvalue weighted by Gasteiger charge is 2.22. The predicted octanol–water partition coefficient (Wildman–Crippen LogP) is 2.84. The van der Waals surface area contributed by atoms with Crippen molar-refractivity contribution in [3.05, 3.63) is 27.3 Å². The van der Waals surface area contributed by atoms with Crippen LogP contribution in [0, 0.1) is 17.0 Å². The van der Waals surface area contributed by atoms with Crippen LogP contribution in [0.1, 0.15) is 17.8 Å². The molecule has 1 aliphatic rings. The molecule has 8 heteroatoms. The number of aromatic nitrogens is 1. The zero-order valence-corrected chi connectivity index (χ0v) is 13.1. The van der Waals surface area contributed by atoms with Gasteiger partial charge in [0, 0.05) is 34.4 Å². The zero-order chi connectivity index (χ0) is 15.0. The molecule has 0 atom stereocenters. The quantitative estimate of drug-likeness (QED) is 0.693. The highest BCUT2D eigenvalue weighted by atomic mass is 32.2. The van der Waals surface area contributed by atoms with Crippen LogP contribution in [0.15, 0.2) is 12.1 Å². The lowest BCUT2D eigenvalue weighted by atomic mass is 10.1. The third kappa shape index (κ3) is 3.06. The Morgan fingerprint density at radius 3 is 2.81 bits per heavy atom. The van der Waals surface area contributed by atoms with Crippen LogP contribution in [0.2, 0.25) is 0 Å². The molecule has 0 unspecified atom stereocenters. The second-order valence-electron chi connectivity index (χ2n) is 5.09. The third-order valence-corrected chi connectivity index (χ3v) is 5.87. The van der Waals surface area contributed by atoms with Crippen molar-refractivity contribution in [1.82, 2.24) is 4.98 Å². The summed E-state index contributed by atoms with van der Waals surface area (Å²) < 4.78 is 12.2. The smallest absolute Gasteiger partial charge is 0.293 e. The van der Waals surface area contributed by atoms with E-state index in [9.17, 15) is 14.3 Å². The molecule has 2 heterocycles. The molecule has 0 radical (unpaired) electrons. The summed E-state index contributed by atoms with van der Waals surface area (Å²) in [5.41, 5.74) is 1.37. The molecular formula is C13H15N3O3S2. The van der Waals surface area contributed by atoms with Gasteiger partial charge in [-0.05, 0) is 25.8 Å². The summed E-state index contributed by atoms with van der Waals surface area (Å²) >= 11 is 1.46. The number of benzene rings is 1. The number of rotatable bonds is 3. The molecule has 0 bridgehead atoms. The minimum atomic E-state index is -0.737. The van der Waals surface area contributed by atoms with Crippen molar-refractivity contribution < 1.29 is 9.13 Å². The average Bonchev–Trinajstić information content (AvgIpc) is 2.79. The molecule has 1 saturated heterocycles. The number of anilines is 1. The topological polar surface area (TPSA) is 85.1 Å². The maximum Gasteiger partial charge on any atom is 0.293 e. The fourth-order valence-electron chi connectivity index (χ4n) is 2.50. The van der Waals surface area contributed by atoms with Gasteiger partial charge in [-0.3, -0.25) is 14.3 Å². The minimum absolute atomic E-state index is 0.0813. The summed E-state index contributed by atoms with van der Waals surface area (Å²) in [6, 6.07) is 3.48. The fourth-order valence-corrected chi connectivity index (χ4v) is 4.64. The Morgan fingerprint density at radius 1 is 1.43 bits per heavy atom. The number of nitro benzene ring substituents is 1. The number of nitrogens with zero attached hydrogens (tertiary/aromatic N) is 2. The number of aryl methyl sites for hydroxylation is 1. The SMILES string of the molecule is Cc1nc2cc(NC3CCS(=O)CC3)c([N+](=O)[O-])cc2s1. The Bertz CT molecular complexity index is 719. The zero-order valence-electron chi connectivity index (χ0n) is 11.5. The standard InChI is InChI=1S/C13H15N3O3S2/c1-8-14-11-6-10(12(16(17)18)7-13(11)20-8)15-9-2-4-21(19)5-3-9/h6-7,9,15H,2-5H2,1H3. The van der Waals surface area contributed by atoms with Gasteiger partial charge in [0.2, 0.25) is 0 Å². The summed E-state index contributed by atoms with van der Waals surface area (Å²) in [4.78, 5) is 15.3. The third-order valence-electron chi connectivity index (χ3n) is 3.56. The Balaban J connectivity index is 1.93. The van der Waals surface area contributed by atoms with Gasteiger partial charge in [-0.25, -0.2) is 4.98 Å². The molecule has 1 aliphatic heterocycles. The van der Waals surface area contributed by atoms with E-state index in [4.69, 9.17) is 0 Å². The van der Waals surface area contributed by atoms with Crippen LogP contribution in [0.25, 0.3) is 10.2 Å². The van der Waals surface area contributed by atoms with Gasteiger partial charge in [-0.2, -0.15) is 0 Å². The molecule has 1 aromatic heterocycles. The van der Waals surface area contributed by atoms with E-state index < -0.39 is 10.8 Å². The molecular weight excluding hydrogens is 310 g/mol. The maximum absolute atomic E-state index is 11.4. The first-order valence-electron chi connectivity index (χ1n) is 6.70. The Hall–Kier alpha value is -1.54. The summed E-state index contributed by atoms with van der Waals surface area (Å²) in [7, 11) is -0.737. The Labute approximate surface area is 128 Å². The second kappa shape index (κ2) is 5.69. The molecule has 1 aromatic carbocycles. The van der Waals surface area contributed by atoms with Crippen molar-refractivity contribution in [1.29, 1.82) is 0 Å².